The van der Waals surface area contributed by atoms with Gasteiger partial charge >= 0.3 is 6.18 Å². The highest BCUT2D eigenvalue weighted by Gasteiger charge is 2.39. The number of likely N-dealkylation sites (tertiary alicyclic amines) is 1. The number of aromatic nitrogens is 2. The second-order valence-corrected chi connectivity index (χ2v) is 5.20. The van der Waals surface area contributed by atoms with Crippen molar-refractivity contribution in [2.24, 2.45) is 7.05 Å². The maximum absolute atomic E-state index is 12.8. The highest BCUT2D eigenvalue weighted by molar-refractivity contribution is 5.95. The summed E-state index contributed by atoms with van der Waals surface area (Å²) in [5.74, 6) is -0.724. The van der Waals surface area contributed by atoms with Crippen molar-refractivity contribution in [2.75, 3.05) is 19.6 Å². The van der Waals surface area contributed by atoms with Crippen LogP contribution in [-0.4, -0.2) is 46.3 Å². The van der Waals surface area contributed by atoms with E-state index in [4.69, 9.17) is 0 Å². The molecule has 1 saturated heterocycles. The van der Waals surface area contributed by atoms with Crippen LogP contribution in [-0.2, 0) is 13.2 Å². The van der Waals surface area contributed by atoms with E-state index < -0.39 is 23.3 Å². The lowest BCUT2D eigenvalue weighted by Crippen LogP contribution is -2.40. The largest absolute Gasteiger partial charge is 0.435 e. The Morgan fingerprint density at radius 3 is 2.86 bits per heavy atom. The molecule has 2 heterocycles. The second-order valence-electron chi connectivity index (χ2n) is 5.20. The van der Waals surface area contributed by atoms with Gasteiger partial charge in [0.1, 0.15) is 0 Å². The Bertz CT molecular complexity index is 512. The molecule has 0 aliphatic carbocycles. The molecule has 1 amide bonds. The summed E-state index contributed by atoms with van der Waals surface area (Å²) in [7, 11) is 1.36. The molecule has 0 radical (unpaired) electrons. The summed E-state index contributed by atoms with van der Waals surface area (Å²) < 4.78 is 39.5. The number of nitrogens with zero attached hydrogens (tertiary/aromatic N) is 3. The normalized spacial score (nSPS) is 20.0. The summed E-state index contributed by atoms with van der Waals surface area (Å²) in [6, 6.07) is 0.199. The number of carbonyl (C=O) groups is 1. The second kappa shape index (κ2) is 6.05. The predicted octanol–water partition coefficient (Wildman–Crippen LogP) is 1.65. The molecule has 0 bridgehead atoms. The number of carbonyl (C=O) groups excluding carboxylic acids is 1. The molecule has 8 heteroatoms. The molecule has 0 saturated carbocycles. The van der Waals surface area contributed by atoms with Crippen molar-refractivity contribution in [1.29, 1.82) is 0 Å². The van der Waals surface area contributed by atoms with E-state index in [2.05, 4.69) is 15.3 Å². The number of rotatable bonds is 4. The lowest BCUT2D eigenvalue weighted by atomic mass is 10.2. The first-order valence-corrected chi connectivity index (χ1v) is 6.96. The first-order valence-electron chi connectivity index (χ1n) is 6.96. The number of aryl methyl sites for hydroxylation is 1. The lowest BCUT2D eigenvalue weighted by molar-refractivity contribution is -0.141. The summed E-state index contributed by atoms with van der Waals surface area (Å²) in [4.78, 5) is 14.2. The fraction of sp³-hybridized carbons (Fsp3) is 0.692. The van der Waals surface area contributed by atoms with Crippen LogP contribution in [0.15, 0.2) is 6.20 Å². The van der Waals surface area contributed by atoms with Gasteiger partial charge in [-0.15, -0.1) is 0 Å². The van der Waals surface area contributed by atoms with E-state index in [-0.39, 0.29) is 6.04 Å². The molecular weight excluding hydrogens is 285 g/mol. The molecule has 1 aromatic heterocycles. The number of hydrogen-bond donors (Lipinski definition) is 1. The van der Waals surface area contributed by atoms with Gasteiger partial charge < -0.3 is 5.32 Å². The van der Waals surface area contributed by atoms with Crippen molar-refractivity contribution >= 4 is 5.91 Å². The number of hydrogen-bond acceptors (Lipinski definition) is 3. The van der Waals surface area contributed by atoms with E-state index in [1.54, 1.807) is 0 Å². The minimum absolute atomic E-state index is 0.199. The Balaban J connectivity index is 2.04. The van der Waals surface area contributed by atoms with Gasteiger partial charge in [-0.1, -0.05) is 6.92 Å². The zero-order valence-electron chi connectivity index (χ0n) is 12.1. The van der Waals surface area contributed by atoms with Gasteiger partial charge in [-0.2, -0.15) is 18.3 Å². The average molecular weight is 304 g/mol. The summed E-state index contributed by atoms with van der Waals surface area (Å²) >= 11 is 0. The van der Waals surface area contributed by atoms with Crippen LogP contribution < -0.4 is 5.32 Å². The smallest absolute Gasteiger partial charge is 0.350 e. The van der Waals surface area contributed by atoms with Gasteiger partial charge in [0.2, 0.25) is 0 Å². The fourth-order valence-corrected chi connectivity index (χ4v) is 2.71. The number of likely N-dealkylation sites (N-methyl/N-ethyl adjacent to an activating group) is 1. The van der Waals surface area contributed by atoms with Crippen molar-refractivity contribution in [3.8, 4) is 0 Å². The van der Waals surface area contributed by atoms with Gasteiger partial charge in [0.25, 0.3) is 5.91 Å². The zero-order chi connectivity index (χ0) is 15.6. The van der Waals surface area contributed by atoms with Crippen molar-refractivity contribution in [3.05, 3.63) is 17.5 Å². The van der Waals surface area contributed by atoms with Crippen LogP contribution in [0, 0.1) is 0 Å². The Morgan fingerprint density at radius 1 is 1.52 bits per heavy atom. The SMILES string of the molecule is CCN1CCCC1CNC(=O)c1cn(C)nc1C(F)(F)F. The summed E-state index contributed by atoms with van der Waals surface area (Å²) in [6.45, 7) is 4.24. The van der Waals surface area contributed by atoms with Crippen LogP contribution in [0.5, 0.6) is 0 Å². The van der Waals surface area contributed by atoms with Gasteiger partial charge in [0.05, 0.1) is 5.56 Å². The molecule has 1 unspecified atom stereocenters. The quantitative estimate of drug-likeness (QED) is 0.920. The molecule has 1 aliphatic rings. The Hall–Kier alpha value is -1.57. The van der Waals surface area contributed by atoms with Crippen molar-refractivity contribution in [2.45, 2.75) is 32.0 Å². The molecule has 0 spiro atoms. The average Bonchev–Trinajstić information content (AvgIpc) is 3.01. The predicted molar refractivity (Wildman–Crippen MR) is 70.8 cm³/mol. The van der Waals surface area contributed by atoms with Crippen molar-refractivity contribution in [1.82, 2.24) is 20.0 Å². The van der Waals surface area contributed by atoms with Crippen molar-refractivity contribution in [3.63, 3.8) is 0 Å². The van der Waals surface area contributed by atoms with E-state index in [1.807, 2.05) is 6.92 Å². The highest BCUT2D eigenvalue weighted by Crippen LogP contribution is 2.30. The summed E-state index contributed by atoms with van der Waals surface area (Å²) in [5.41, 5.74) is -1.56. The van der Waals surface area contributed by atoms with Crippen LogP contribution in [0.2, 0.25) is 0 Å². The van der Waals surface area contributed by atoms with Gasteiger partial charge in [-0.3, -0.25) is 14.4 Å². The third kappa shape index (κ3) is 3.55. The van der Waals surface area contributed by atoms with E-state index in [9.17, 15) is 18.0 Å². The maximum Gasteiger partial charge on any atom is 0.435 e. The molecule has 1 aromatic rings. The Morgan fingerprint density at radius 2 is 2.24 bits per heavy atom. The molecule has 118 valence electrons. The summed E-state index contributed by atoms with van der Waals surface area (Å²) in [5, 5.41) is 5.93. The van der Waals surface area contributed by atoms with E-state index in [0.717, 1.165) is 36.8 Å². The van der Waals surface area contributed by atoms with E-state index in [1.165, 1.54) is 7.05 Å². The molecule has 2 rings (SSSR count). The maximum atomic E-state index is 12.8. The number of alkyl halides is 3. The van der Waals surface area contributed by atoms with Crippen LogP contribution in [0.25, 0.3) is 0 Å². The Kier molecular flexibility index (Phi) is 4.55. The topological polar surface area (TPSA) is 50.2 Å². The fourth-order valence-electron chi connectivity index (χ4n) is 2.71. The number of halogens is 3. The monoisotopic (exact) mass is 304 g/mol. The third-order valence-corrected chi connectivity index (χ3v) is 3.75. The van der Waals surface area contributed by atoms with E-state index >= 15 is 0 Å². The highest BCUT2D eigenvalue weighted by atomic mass is 19.4. The molecular formula is C13H19F3N4O. The molecule has 0 aromatic carbocycles. The van der Waals surface area contributed by atoms with Crippen molar-refractivity contribution < 1.29 is 18.0 Å². The first-order chi connectivity index (χ1) is 9.82. The molecule has 1 atom stereocenters. The summed E-state index contributed by atoms with van der Waals surface area (Å²) in [6.07, 6.45) is -1.52. The standard InChI is InChI=1S/C13H19F3N4O/c1-3-20-6-4-5-9(20)7-17-12(21)10-8-19(2)18-11(10)13(14,15)16/h8-9H,3-7H2,1-2H3,(H,17,21). The molecule has 1 N–H and O–H groups in total. The van der Waals surface area contributed by atoms with Crippen LogP contribution in [0.4, 0.5) is 13.2 Å². The van der Waals surface area contributed by atoms with Crippen LogP contribution >= 0.6 is 0 Å². The number of amides is 1. The van der Waals surface area contributed by atoms with Gasteiger partial charge in [0.15, 0.2) is 5.69 Å². The molecule has 1 aliphatic heterocycles. The van der Waals surface area contributed by atoms with Gasteiger partial charge in [-0.25, -0.2) is 0 Å². The molecule has 21 heavy (non-hydrogen) atoms. The van der Waals surface area contributed by atoms with Gasteiger partial charge in [-0.05, 0) is 25.9 Å². The van der Waals surface area contributed by atoms with Gasteiger partial charge in [0, 0.05) is 25.8 Å². The minimum atomic E-state index is -4.63. The number of nitrogens with one attached hydrogen (secondary N) is 1. The molecule has 5 nitrogen and oxygen atoms in total. The molecule has 1 fully saturated rings. The Labute approximate surface area is 121 Å². The zero-order valence-corrected chi connectivity index (χ0v) is 12.1. The van der Waals surface area contributed by atoms with Crippen LogP contribution in [0.3, 0.4) is 0 Å². The van der Waals surface area contributed by atoms with E-state index in [0.29, 0.717) is 6.54 Å². The first kappa shape index (κ1) is 15.8. The third-order valence-electron chi connectivity index (χ3n) is 3.75. The lowest BCUT2D eigenvalue weighted by Gasteiger charge is -2.22. The van der Waals surface area contributed by atoms with Crippen LogP contribution in [0.1, 0.15) is 35.8 Å². The minimum Gasteiger partial charge on any atom is -0.350 e.